The van der Waals surface area contributed by atoms with Crippen molar-refractivity contribution in [3.63, 3.8) is 0 Å². The number of esters is 1. The normalized spacial score (nSPS) is 10.8. The SMILES string of the molecule is Cc1nn2c(=O)cc(COC(=O)c3ccc(NC(=O)c4ccccc4F)cc3)nc2s1. The Morgan fingerprint density at radius 3 is 2.65 bits per heavy atom. The van der Waals surface area contributed by atoms with Crippen molar-refractivity contribution in [2.75, 3.05) is 5.32 Å². The number of nitrogens with zero attached hydrogens (tertiary/aromatic N) is 3. The first-order valence-corrected chi connectivity index (χ1v) is 9.92. The van der Waals surface area contributed by atoms with Gasteiger partial charge in [-0.15, -0.1) is 0 Å². The number of ether oxygens (including phenoxy) is 1. The van der Waals surface area contributed by atoms with Crippen LogP contribution in [-0.2, 0) is 11.3 Å². The molecule has 0 saturated carbocycles. The fourth-order valence-electron chi connectivity index (χ4n) is 2.78. The maximum absolute atomic E-state index is 13.7. The van der Waals surface area contributed by atoms with Crippen molar-refractivity contribution in [3.05, 3.63) is 92.6 Å². The first-order valence-electron chi connectivity index (χ1n) is 9.10. The molecule has 0 saturated heterocycles. The van der Waals surface area contributed by atoms with E-state index in [4.69, 9.17) is 4.74 Å². The van der Waals surface area contributed by atoms with Gasteiger partial charge in [-0.1, -0.05) is 23.5 Å². The lowest BCUT2D eigenvalue weighted by Crippen LogP contribution is -2.16. The third-order valence-corrected chi connectivity index (χ3v) is 5.07. The number of halogens is 1. The predicted octanol–water partition coefficient (Wildman–Crippen LogP) is 3.21. The summed E-state index contributed by atoms with van der Waals surface area (Å²) in [4.78, 5) is 41.2. The molecule has 1 N–H and O–H groups in total. The second-order valence-corrected chi connectivity index (χ2v) is 7.65. The van der Waals surface area contributed by atoms with Gasteiger partial charge in [-0.2, -0.15) is 9.61 Å². The first kappa shape index (κ1) is 20.4. The van der Waals surface area contributed by atoms with Crippen LogP contribution in [-0.4, -0.2) is 26.5 Å². The van der Waals surface area contributed by atoms with Crippen LogP contribution in [0.5, 0.6) is 0 Å². The zero-order chi connectivity index (χ0) is 22.0. The minimum Gasteiger partial charge on any atom is -0.456 e. The average Bonchev–Trinajstić information content (AvgIpc) is 3.13. The summed E-state index contributed by atoms with van der Waals surface area (Å²) in [6.07, 6.45) is 0. The summed E-state index contributed by atoms with van der Waals surface area (Å²) in [5.74, 6) is -1.84. The van der Waals surface area contributed by atoms with E-state index in [1.165, 1.54) is 64.4 Å². The lowest BCUT2D eigenvalue weighted by molar-refractivity contribution is 0.0467. The van der Waals surface area contributed by atoms with Gasteiger partial charge in [0.25, 0.3) is 11.5 Å². The van der Waals surface area contributed by atoms with Crippen molar-refractivity contribution in [3.8, 4) is 0 Å². The Morgan fingerprint density at radius 1 is 1.16 bits per heavy atom. The van der Waals surface area contributed by atoms with E-state index in [0.29, 0.717) is 21.3 Å². The molecule has 4 aromatic rings. The lowest BCUT2D eigenvalue weighted by Gasteiger charge is -2.08. The number of rotatable bonds is 5. The molecule has 0 radical (unpaired) electrons. The Hall–Kier alpha value is -3.92. The molecule has 156 valence electrons. The molecule has 0 aliphatic heterocycles. The Labute approximate surface area is 178 Å². The minimum atomic E-state index is -0.625. The largest absolute Gasteiger partial charge is 0.456 e. The van der Waals surface area contributed by atoms with Gasteiger partial charge in [-0.05, 0) is 43.3 Å². The molecule has 0 spiro atoms. The number of benzene rings is 2. The molecule has 31 heavy (non-hydrogen) atoms. The van der Waals surface area contributed by atoms with Crippen molar-refractivity contribution < 1.29 is 18.7 Å². The molecule has 2 heterocycles. The van der Waals surface area contributed by atoms with E-state index < -0.39 is 17.7 Å². The number of hydrogen-bond donors (Lipinski definition) is 1. The van der Waals surface area contributed by atoms with Crippen LogP contribution in [0.4, 0.5) is 10.1 Å². The maximum Gasteiger partial charge on any atom is 0.338 e. The molecule has 2 aromatic heterocycles. The van der Waals surface area contributed by atoms with E-state index in [1.807, 2.05) is 0 Å². The number of amides is 1. The van der Waals surface area contributed by atoms with Crippen molar-refractivity contribution in [1.29, 1.82) is 0 Å². The van der Waals surface area contributed by atoms with Crippen molar-refractivity contribution >= 4 is 33.9 Å². The molecule has 10 heteroatoms. The summed E-state index contributed by atoms with van der Waals surface area (Å²) >= 11 is 1.26. The number of carbonyl (C=O) groups is 2. The second-order valence-electron chi connectivity index (χ2n) is 6.49. The smallest absolute Gasteiger partial charge is 0.338 e. The molecule has 0 atom stereocenters. The van der Waals surface area contributed by atoms with Gasteiger partial charge >= 0.3 is 5.97 Å². The van der Waals surface area contributed by atoms with Crippen LogP contribution < -0.4 is 10.9 Å². The Kier molecular flexibility index (Phi) is 5.54. The van der Waals surface area contributed by atoms with Gasteiger partial charge in [0.1, 0.15) is 17.4 Å². The molecule has 0 fully saturated rings. The molecule has 0 aliphatic carbocycles. The quantitative estimate of drug-likeness (QED) is 0.480. The lowest BCUT2D eigenvalue weighted by atomic mass is 10.1. The van der Waals surface area contributed by atoms with Gasteiger partial charge in [0.15, 0.2) is 0 Å². The van der Waals surface area contributed by atoms with Crippen LogP contribution >= 0.6 is 11.3 Å². The average molecular weight is 438 g/mol. The Balaban J connectivity index is 1.40. The van der Waals surface area contributed by atoms with E-state index in [9.17, 15) is 18.8 Å². The molecule has 4 rings (SSSR count). The Morgan fingerprint density at radius 2 is 1.90 bits per heavy atom. The second kappa shape index (κ2) is 8.44. The van der Waals surface area contributed by atoms with Gasteiger partial charge in [0.05, 0.1) is 16.8 Å². The predicted molar refractivity (Wildman–Crippen MR) is 112 cm³/mol. The zero-order valence-corrected chi connectivity index (χ0v) is 17.0. The van der Waals surface area contributed by atoms with Crippen LogP contribution in [0.25, 0.3) is 4.96 Å². The van der Waals surface area contributed by atoms with Crippen molar-refractivity contribution in [2.45, 2.75) is 13.5 Å². The van der Waals surface area contributed by atoms with Gasteiger partial charge < -0.3 is 10.1 Å². The number of carbonyl (C=O) groups excluding carboxylic acids is 2. The summed E-state index contributed by atoms with van der Waals surface area (Å²) in [6.45, 7) is 1.59. The highest BCUT2D eigenvalue weighted by molar-refractivity contribution is 7.16. The number of aromatic nitrogens is 3. The van der Waals surface area contributed by atoms with Gasteiger partial charge in [-0.3, -0.25) is 9.59 Å². The van der Waals surface area contributed by atoms with Crippen LogP contribution in [0.1, 0.15) is 31.4 Å². The third kappa shape index (κ3) is 4.48. The third-order valence-electron chi connectivity index (χ3n) is 4.25. The molecule has 0 aliphatic rings. The fourth-order valence-corrected chi connectivity index (χ4v) is 3.55. The minimum absolute atomic E-state index is 0.0810. The van der Waals surface area contributed by atoms with Crippen molar-refractivity contribution in [1.82, 2.24) is 14.6 Å². The number of hydrogen-bond acceptors (Lipinski definition) is 7. The van der Waals surface area contributed by atoms with Gasteiger partial charge in [0.2, 0.25) is 4.96 Å². The molecular formula is C21H15FN4O4S. The molecule has 8 nitrogen and oxygen atoms in total. The Bertz CT molecular complexity index is 1350. The highest BCUT2D eigenvalue weighted by Crippen LogP contribution is 2.15. The van der Waals surface area contributed by atoms with Gasteiger partial charge in [-0.25, -0.2) is 14.2 Å². The zero-order valence-electron chi connectivity index (χ0n) is 16.2. The van der Waals surface area contributed by atoms with Gasteiger partial charge in [0, 0.05) is 11.8 Å². The van der Waals surface area contributed by atoms with Crippen LogP contribution in [0.3, 0.4) is 0 Å². The highest BCUT2D eigenvalue weighted by atomic mass is 32.1. The maximum atomic E-state index is 13.7. The van der Waals surface area contributed by atoms with Crippen LogP contribution in [0.15, 0.2) is 59.4 Å². The van der Waals surface area contributed by atoms with Crippen LogP contribution in [0, 0.1) is 12.7 Å². The summed E-state index contributed by atoms with van der Waals surface area (Å²) in [5, 5.41) is 7.31. The monoisotopic (exact) mass is 438 g/mol. The van der Waals surface area contributed by atoms with E-state index in [-0.39, 0.29) is 23.3 Å². The summed E-state index contributed by atoms with van der Waals surface area (Å²) < 4.78 is 20.1. The summed E-state index contributed by atoms with van der Waals surface area (Å²) in [6, 6.07) is 12.9. The molecule has 2 aromatic carbocycles. The molecular weight excluding hydrogens is 423 g/mol. The summed E-state index contributed by atoms with van der Waals surface area (Å²) in [7, 11) is 0. The fraction of sp³-hybridized carbons (Fsp3) is 0.0952. The van der Waals surface area contributed by atoms with Crippen molar-refractivity contribution in [2.24, 2.45) is 0 Å². The number of aryl methyl sites for hydroxylation is 1. The first-order chi connectivity index (χ1) is 14.9. The van der Waals surface area contributed by atoms with Crippen LogP contribution in [0.2, 0.25) is 0 Å². The van der Waals surface area contributed by atoms with E-state index in [2.05, 4.69) is 15.4 Å². The molecule has 0 bridgehead atoms. The number of nitrogens with one attached hydrogen (secondary N) is 1. The number of fused-ring (bicyclic) bond motifs is 1. The number of anilines is 1. The standard InChI is InChI=1S/C21H15FN4O4S/c1-12-25-26-18(27)10-15(24-21(26)31-12)11-30-20(29)13-6-8-14(9-7-13)23-19(28)16-4-2-3-5-17(16)22/h2-10H,11H2,1H3,(H,23,28). The summed E-state index contributed by atoms with van der Waals surface area (Å²) in [5.41, 5.74) is 0.523. The van der Waals surface area contributed by atoms with E-state index in [0.717, 1.165) is 0 Å². The van der Waals surface area contributed by atoms with E-state index in [1.54, 1.807) is 13.0 Å². The van der Waals surface area contributed by atoms with E-state index >= 15 is 0 Å². The topological polar surface area (TPSA) is 103 Å². The highest BCUT2D eigenvalue weighted by Gasteiger charge is 2.13. The molecule has 0 unspecified atom stereocenters. The molecule has 1 amide bonds.